The van der Waals surface area contributed by atoms with E-state index in [9.17, 15) is 0 Å². The third-order valence-corrected chi connectivity index (χ3v) is 6.22. The highest BCUT2D eigenvalue weighted by Crippen LogP contribution is 2.49. The maximum Gasteiger partial charge on any atom is 0.0762 e. The van der Waals surface area contributed by atoms with Gasteiger partial charge < -0.3 is 10.1 Å². The Morgan fingerprint density at radius 1 is 1.23 bits per heavy atom. The van der Waals surface area contributed by atoms with Crippen LogP contribution in [0.3, 0.4) is 0 Å². The molecule has 5 heteroatoms. The molecule has 2 aliphatic rings. The minimum Gasteiger partial charge on any atom is -0.375 e. The van der Waals surface area contributed by atoms with Gasteiger partial charge in [0.25, 0.3) is 0 Å². The number of H-pyrrole nitrogens is 1. The number of nitrogens with zero attached hydrogens (tertiary/aromatic N) is 2. The lowest BCUT2D eigenvalue weighted by molar-refractivity contribution is -0.104. The van der Waals surface area contributed by atoms with Crippen LogP contribution >= 0.6 is 0 Å². The molecule has 140 valence electrons. The fourth-order valence-corrected chi connectivity index (χ4v) is 4.91. The van der Waals surface area contributed by atoms with Crippen LogP contribution in [-0.4, -0.2) is 33.9 Å². The van der Waals surface area contributed by atoms with Crippen molar-refractivity contribution >= 4 is 0 Å². The molecule has 1 saturated heterocycles. The summed E-state index contributed by atoms with van der Waals surface area (Å²) >= 11 is 0. The zero-order valence-electron chi connectivity index (χ0n) is 15.8. The van der Waals surface area contributed by atoms with Crippen LogP contribution < -0.4 is 5.32 Å². The van der Waals surface area contributed by atoms with Gasteiger partial charge in [0.1, 0.15) is 0 Å². The van der Waals surface area contributed by atoms with Crippen molar-refractivity contribution in [3.05, 3.63) is 47.5 Å². The Bertz CT molecular complexity index is 708. The van der Waals surface area contributed by atoms with E-state index >= 15 is 0 Å². The molecule has 1 saturated carbocycles. The predicted molar refractivity (Wildman–Crippen MR) is 102 cm³/mol. The van der Waals surface area contributed by atoms with Crippen molar-refractivity contribution in [1.82, 2.24) is 20.5 Å². The van der Waals surface area contributed by atoms with Crippen molar-refractivity contribution in [1.29, 1.82) is 0 Å². The number of aromatic nitrogens is 3. The number of hydrogen-bond acceptors (Lipinski definition) is 4. The van der Waals surface area contributed by atoms with Crippen LogP contribution in [0.15, 0.2) is 30.5 Å². The van der Waals surface area contributed by atoms with Gasteiger partial charge in [-0.1, -0.05) is 18.9 Å². The molecular formula is C21H30N4O. The van der Waals surface area contributed by atoms with Gasteiger partial charge in [-0.25, -0.2) is 0 Å². The second-order valence-corrected chi connectivity index (χ2v) is 8.13. The minimum absolute atomic E-state index is 0.0923. The first-order chi connectivity index (χ1) is 12.7. The lowest BCUT2D eigenvalue weighted by atomic mass is 9.68. The minimum atomic E-state index is 0.0923. The Balaban J connectivity index is 1.46. The van der Waals surface area contributed by atoms with E-state index in [-0.39, 0.29) is 11.0 Å². The summed E-state index contributed by atoms with van der Waals surface area (Å²) in [5.41, 5.74) is 3.65. The summed E-state index contributed by atoms with van der Waals surface area (Å²) in [6.07, 6.45) is 10.2. The summed E-state index contributed by atoms with van der Waals surface area (Å²) in [6.45, 7) is 4.67. The first kappa shape index (κ1) is 17.7. The highest BCUT2D eigenvalue weighted by molar-refractivity contribution is 5.20. The monoisotopic (exact) mass is 354 g/mol. The van der Waals surface area contributed by atoms with Crippen molar-refractivity contribution in [3.63, 3.8) is 0 Å². The molecule has 2 aromatic heterocycles. The maximum absolute atomic E-state index is 6.32. The molecule has 1 spiro atoms. The van der Waals surface area contributed by atoms with Gasteiger partial charge in [0, 0.05) is 36.2 Å². The van der Waals surface area contributed by atoms with Crippen molar-refractivity contribution in [2.24, 2.45) is 0 Å². The van der Waals surface area contributed by atoms with Crippen LogP contribution in [0.25, 0.3) is 0 Å². The van der Waals surface area contributed by atoms with Crippen LogP contribution in [0, 0.1) is 6.92 Å². The smallest absolute Gasteiger partial charge is 0.0762 e. The van der Waals surface area contributed by atoms with E-state index in [4.69, 9.17) is 9.72 Å². The molecule has 0 amide bonds. The lowest BCUT2D eigenvalue weighted by Crippen LogP contribution is -2.47. The molecule has 1 aliphatic carbocycles. The average molecular weight is 354 g/mol. The molecule has 5 nitrogen and oxygen atoms in total. The Morgan fingerprint density at radius 3 is 2.85 bits per heavy atom. The third kappa shape index (κ3) is 3.69. The van der Waals surface area contributed by atoms with Crippen LogP contribution in [0.5, 0.6) is 0 Å². The fourth-order valence-electron chi connectivity index (χ4n) is 4.91. The topological polar surface area (TPSA) is 62.8 Å². The summed E-state index contributed by atoms with van der Waals surface area (Å²) in [5.74, 6) is 0. The summed E-state index contributed by atoms with van der Waals surface area (Å²) in [7, 11) is 0. The molecule has 0 radical (unpaired) electrons. The molecule has 2 N–H and O–H groups in total. The van der Waals surface area contributed by atoms with E-state index in [2.05, 4.69) is 33.7 Å². The standard InChI is InChI=1S/C21H30N4O/c1-17-14-18(25-24-17)15-22-12-9-20(19-6-2-5-11-23-19)10-13-26-21(16-20)7-3-4-8-21/h2,5-6,11,14,22H,3-4,7-10,12-13,15-16H2,1H3,(H,24,25). The molecule has 0 bridgehead atoms. The van der Waals surface area contributed by atoms with E-state index in [0.717, 1.165) is 50.3 Å². The first-order valence-electron chi connectivity index (χ1n) is 9.97. The number of aryl methyl sites for hydroxylation is 1. The molecule has 26 heavy (non-hydrogen) atoms. The van der Waals surface area contributed by atoms with Gasteiger partial charge in [-0.05, 0) is 63.8 Å². The van der Waals surface area contributed by atoms with Gasteiger partial charge in [-0.2, -0.15) is 5.10 Å². The van der Waals surface area contributed by atoms with Crippen LogP contribution in [-0.2, 0) is 16.7 Å². The Morgan fingerprint density at radius 2 is 2.12 bits per heavy atom. The fraction of sp³-hybridized carbons (Fsp3) is 0.619. The molecule has 2 fully saturated rings. The number of hydrogen-bond donors (Lipinski definition) is 2. The van der Waals surface area contributed by atoms with E-state index in [0.29, 0.717) is 0 Å². The molecular weight excluding hydrogens is 324 g/mol. The molecule has 4 rings (SSSR count). The normalized spacial score (nSPS) is 25.0. The van der Waals surface area contributed by atoms with Crippen molar-refractivity contribution in [3.8, 4) is 0 Å². The molecule has 2 aromatic rings. The zero-order chi connectivity index (χ0) is 17.9. The lowest BCUT2D eigenvalue weighted by Gasteiger charge is -2.46. The van der Waals surface area contributed by atoms with Gasteiger partial charge in [0.2, 0.25) is 0 Å². The van der Waals surface area contributed by atoms with Crippen LogP contribution in [0.2, 0.25) is 0 Å². The molecule has 0 aromatic carbocycles. The second-order valence-electron chi connectivity index (χ2n) is 8.13. The van der Waals surface area contributed by atoms with Crippen LogP contribution in [0.4, 0.5) is 0 Å². The Hall–Kier alpha value is -1.72. The summed E-state index contributed by atoms with van der Waals surface area (Å²) in [4.78, 5) is 4.77. The van der Waals surface area contributed by atoms with Gasteiger partial charge in [0.15, 0.2) is 0 Å². The summed E-state index contributed by atoms with van der Waals surface area (Å²) in [6, 6.07) is 8.45. The van der Waals surface area contributed by atoms with E-state index < -0.39 is 0 Å². The second kappa shape index (κ2) is 7.49. The Labute approximate surface area is 156 Å². The van der Waals surface area contributed by atoms with Crippen molar-refractivity contribution < 1.29 is 4.74 Å². The molecule has 1 atom stereocenters. The average Bonchev–Trinajstić information content (AvgIpc) is 3.29. The highest BCUT2D eigenvalue weighted by Gasteiger charge is 2.48. The first-order valence-corrected chi connectivity index (χ1v) is 9.97. The molecule has 1 unspecified atom stereocenters. The van der Waals surface area contributed by atoms with Crippen LogP contribution in [0.1, 0.15) is 62.0 Å². The summed E-state index contributed by atoms with van der Waals surface area (Å²) < 4.78 is 6.32. The number of ether oxygens (including phenoxy) is 1. The largest absolute Gasteiger partial charge is 0.375 e. The predicted octanol–water partition coefficient (Wildman–Crippen LogP) is 3.65. The zero-order valence-corrected chi connectivity index (χ0v) is 15.8. The highest BCUT2D eigenvalue weighted by atomic mass is 16.5. The molecule has 1 aliphatic heterocycles. The maximum atomic E-state index is 6.32. The summed E-state index contributed by atoms with van der Waals surface area (Å²) in [5, 5.41) is 10.9. The Kier molecular flexibility index (Phi) is 5.09. The quantitative estimate of drug-likeness (QED) is 0.777. The van der Waals surface area contributed by atoms with Crippen molar-refractivity contribution in [2.75, 3.05) is 13.2 Å². The van der Waals surface area contributed by atoms with Gasteiger partial charge in [-0.15, -0.1) is 0 Å². The van der Waals surface area contributed by atoms with Gasteiger partial charge >= 0.3 is 0 Å². The van der Waals surface area contributed by atoms with E-state index in [1.807, 2.05) is 19.2 Å². The van der Waals surface area contributed by atoms with Gasteiger partial charge in [-0.3, -0.25) is 10.1 Å². The third-order valence-electron chi connectivity index (χ3n) is 6.22. The molecule has 3 heterocycles. The van der Waals surface area contributed by atoms with Gasteiger partial charge in [0.05, 0.1) is 11.3 Å². The SMILES string of the molecule is Cc1cc(CNCCC2(c3ccccn3)CCOC3(CCCC3)C2)n[nH]1. The van der Waals surface area contributed by atoms with E-state index in [1.165, 1.54) is 31.4 Å². The number of aromatic amines is 1. The number of rotatable bonds is 6. The number of pyridine rings is 1. The number of nitrogens with one attached hydrogen (secondary N) is 2. The van der Waals surface area contributed by atoms with E-state index in [1.54, 1.807) is 0 Å². The van der Waals surface area contributed by atoms with Crippen molar-refractivity contribution in [2.45, 2.75) is 69.4 Å².